The highest BCUT2D eigenvalue weighted by molar-refractivity contribution is 7.90. The number of benzene rings is 2. The molecule has 0 spiro atoms. The highest BCUT2D eigenvalue weighted by atomic mass is 32.2. The fourth-order valence-corrected chi connectivity index (χ4v) is 2.96. The minimum absolute atomic E-state index is 0.213. The topological polar surface area (TPSA) is 93.7 Å². The highest BCUT2D eigenvalue weighted by Crippen LogP contribution is 2.32. The second-order valence-corrected chi connectivity index (χ2v) is 7.66. The number of nitrogens with one attached hydrogen (secondary N) is 2. The molecule has 0 fully saturated rings. The zero-order chi connectivity index (χ0) is 17.9. The zero-order valence-corrected chi connectivity index (χ0v) is 14.4. The lowest BCUT2D eigenvalue weighted by atomic mass is 10.2. The van der Waals surface area contributed by atoms with Crippen LogP contribution in [0.4, 0.5) is 4.79 Å². The average molecular weight is 362 g/mol. The van der Waals surface area contributed by atoms with Gasteiger partial charge in [0, 0.05) is 19.3 Å². The molecule has 0 aliphatic carbocycles. The summed E-state index contributed by atoms with van der Waals surface area (Å²) in [6.45, 7) is 0.872. The van der Waals surface area contributed by atoms with Crippen LogP contribution in [-0.2, 0) is 22.9 Å². The number of fused-ring (bicyclic) bond motifs is 1. The van der Waals surface area contributed by atoms with E-state index in [0.717, 1.165) is 17.4 Å². The molecular formula is C17H18N2O5S. The molecule has 8 heteroatoms. The van der Waals surface area contributed by atoms with Crippen LogP contribution >= 0.6 is 0 Å². The second-order valence-electron chi connectivity index (χ2n) is 5.64. The number of ether oxygens (including phenoxy) is 2. The number of carbonyl (C=O) groups excluding carboxylic acids is 1. The maximum Gasteiger partial charge on any atom is 0.315 e. The molecule has 2 N–H and O–H groups in total. The predicted molar refractivity (Wildman–Crippen MR) is 91.2 cm³/mol. The molecule has 0 atom stereocenters. The second kappa shape index (κ2) is 7.02. The van der Waals surface area contributed by atoms with E-state index in [9.17, 15) is 13.2 Å². The zero-order valence-electron chi connectivity index (χ0n) is 13.6. The molecule has 1 aliphatic heterocycles. The van der Waals surface area contributed by atoms with Gasteiger partial charge < -0.3 is 20.1 Å². The van der Waals surface area contributed by atoms with Crippen molar-refractivity contribution in [3.05, 3.63) is 53.6 Å². The van der Waals surface area contributed by atoms with Gasteiger partial charge in [0.2, 0.25) is 6.79 Å². The van der Waals surface area contributed by atoms with E-state index in [4.69, 9.17) is 9.47 Å². The Hall–Kier alpha value is -2.74. The van der Waals surface area contributed by atoms with Crippen molar-refractivity contribution in [1.82, 2.24) is 10.6 Å². The molecule has 1 heterocycles. The van der Waals surface area contributed by atoms with Gasteiger partial charge in [-0.2, -0.15) is 0 Å². The SMILES string of the molecule is CS(=O)(=O)c1ccc(CNC(=O)NCc2ccc3c(c2)OCO3)cc1. The molecule has 0 radical (unpaired) electrons. The van der Waals surface area contributed by atoms with Crippen LogP contribution in [0.3, 0.4) is 0 Å². The Bertz CT molecular complexity index is 878. The summed E-state index contributed by atoms with van der Waals surface area (Å²) in [5.41, 5.74) is 1.71. The van der Waals surface area contributed by atoms with Crippen LogP contribution in [0.25, 0.3) is 0 Å². The first-order valence-electron chi connectivity index (χ1n) is 7.61. The molecule has 0 aromatic heterocycles. The monoisotopic (exact) mass is 362 g/mol. The Morgan fingerprint density at radius 1 is 0.960 bits per heavy atom. The lowest BCUT2D eigenvalue weighted by Crippen LogP contribution is -2.34. The van der Waals surface area contributed by atoms with E-state index < -0.39 is 9.84 Å². The number of rotatable bonds is 5. The number of carbonyl (C=O) groups is 1. The van der Waals surface area contributed by atoms with E-state index in [1.807, 2.05) is 12.1 Å². The Morgan fingerprint density at radius 3 is 2.24 bits per heavy atom. The van der Waals surface area contributed by atoms with E-state index in [0.29, 0.717) is 24.6 Å². The molecule has 0 saturated carbocycles. The molecule has 2 aromatic carbocycles. The van der Waals surface area contributed by atoms with Gasteiger partial charge in [0.05, 0.1) is 4.90 Å². The lowest BCUT2D eigenvalue weighted by Gasteiger charge is -2.09. The molecule has 25 heavy (non-hydrogen) atoms. The van der Waals surface area contributed by atoms with Crippen molar-refractivity contribution in [3.63, 3.8) is 0 Å². The summed E-state index contributed by atoms with van der Waals surface area (Å²) in [6.07, 6.45) is 1.16. The molecule has 0 unspecified atom stereocenters. The molecule has 7 nitrogen and oxygen atoms in total. The Kier molecular flexibility index (Phi) is 4.80. The average Bonchev–Trinajstić information content (AvgIpc) is 3.05. The quantitative estimate of drug-likeness (QED) is 0.846. The third-order valence-electron chi connectivity index (χ3n) is 3.69. The van der Waals surface area contributed by atoms with E-state index in [1.165, 1.54) is 12.1 Å². The third-order valence-corrected chi connectivity index (χ3v) is 4.82. The minimum Gasteiger partial charge on any atom is -0.454 e. The van der Waals surface area contributed by atoms with Crippen LogP contribution in [0.15, 0.2) is 47.4 Å². The summed E-state index contributed by atoms with van der Waals surface area (Å²) < 4.78 is 33.3. The first-order valence-corrected chi connectivity index (χ1v) is 9.50. The normalized spacial score (nSPS) is 12.7. The van der Waals surface area contributed by atoms with Crippen LogP contribution < -0.4 is 20.1 Å². The summed E-state index contributed by atoms with van der Waals surface area (Å²) in [5, 5.41) is 5.48. The molecule has 3 rings (SSSR count). The van der Waals surface area contributed by atoms with Gasteiger partial charge in [-0.1, -0.05) is 18.2 Å². The summed E-state index contributed by atoms with van der Waals surface area (Å²) in [7, 11) is -3.21. The molecule has 2 amide bonds. The predicted octanol–water partition coefficient (Wildman–Crippen LogP) is 1.82. The third kappa shape index (κ3) is 4.42. The van der Waals surface area contributed by atoms with Crippen LogP contribution in [0.2, 0.25) is 0 Å². The summed E-state index contributed by atoms with van der Waals surface area (Å²) in [5.74, 6) is 1.37. The Labute approximate surface area is 145 Å². The van der Waals surface area contributed by atoms with Crippen molar-refractivity contribution >= 4 is 15.9 Å². The van der Waals surface area contributed by atoms with Gasteiger partial charge in [-0.3, -0.25) is 0 Å². The molecule has 1 aliphatic rings. The van der Waals surface area contributed by atoms with Crippen LogP contribution in [0, 0.1) is 0 Å². The van der Waals surface area contributed by atoms with Crippen LogP contribution in [0.1, 0.15) is 11.1 Å². The van der Waals surface area contributed by atoms with Crippen molar-refractivity contribution in [2.45, 2.75) is 18.0 Å². The van der Waals surface area contributed by atoms with E-state index >= 15 is 0 Å². The molecule has 2 aromatic rings. The smallest absolute Gasteiger partial charge is 0.315 e. The van der Waals surface area contributed by atoms with Gasteiger partial charge in [-0.25, -0.2) is 13.2 Å². The van der Waals surface area contributed by atoms with Crippen LogP contribution in [0.5, 0.6) is 11.5 Å². The summed E-state index contributed by atoms with van der Waals surface area (Å²) in [4.78, 5) is 12.1. The van der Waals surface area contributed by atoms with E-state index in [2.05, 4.69) is 10.6 Å². The fourth-order valence-electron chi connectivity index (χ4n) is 2.33. The maximum atomic E-state index is 11.9. The van der Waals surface area contributed by atoms with Gasteiger partial charge in [-0.15, -0.1) is 0 Å². The van der Waals surface area contributed by atoms with Gasteiger partial charge in [0.15, 0.2) is 21.3 Å². The Morgan fingerprint density at radius 2 is 1.56 bits per heavy atom. The van der Waals surface area contributed by atoms with Gasteiger partial charge >= 0.3 is 6.03 Å². The van der Waals surface area contributed by atoms with Crippen LogP contribution in [-0.4, -0.2) is 27.5 Å². The minimum atomic E-state index is -3.21. The number of amides is 2. The maximum absolute atomic E-state index is 11.9. The number of hydrogen-bond donors (Lipinski definition) is 2. The highest BCUT2D eigenvalue weighted by Gasteiger charge is 2.13. The Balaban J connectivity index is 1.48. The number of hydrogen-bond acceptors (Lipinski definition) is 5. The standard InChI is InChI=1S/C17H18N2O5S/c1-25(21,22)14-5-2-12(3-6-14)9-18-17(20)19-10-13-4-7-15-16(8-13)24-11-23-15/h2-8H,9-11H2,1H3,(H2,18,19,20). The van der Waals surface area contributed by atoms with E-state index in [1.54, 1.807) is 18.2 Å². The number of urea groups is 1. The summed E-state index contributed by atoms with van der Waals surface area (Å²) >= 11 is 0. The van der Waals surface area contributed by atoms with Gasteiger partial charge in [0.25, 0.3) is 0 Å². The number of sulfone groups is 1. The largest absolute Gasteiger partial charge is 0.454 e. The molecular weight excluding hydrogens is 344 g/mol. The molecule has 132 valence electrons. The fraction of sp³-hybridized carbons (Fsp3) is 0.235. The van der Waals surface area contributed by atoms with E-state index in [-0.39, 0.29) is 17.7 Å². The molecule has 0 saturated heterocycles. The first kappa shape index (κ1) is 17.1. The van der Waals surface area contributed by atoms with Crippen molar-refractivity contribution in [1.29, 1.82) is 0 Å². The van der Waals surface area contributed by atoms with Crippen molar-refractivity contribution in [2.75, 3.05) is 13.0 Å². The van der Waals surface area contributed by atoms with Gasteiger partial charge in [0.1, 0.15) is 0 Å². The summed E-state index contributed by atoms with van der Waals surface area (Å²) in [6, 6.07) is 11.6. The van der Waals surface area contributed by atoms with Crippen molar-refractivity contribution in [3.8, 4) is 11.5 Å². The lowest BCUT2D eigenvalue weighted by molar-refractivity contribution is 0.174. The molecule has 0 bridgehead atoms. The van der Waals surface area contributed by atoms with Crippen molar-refractivity contribution < 1.29 is 22.7 Å². The van der Waals surface area contributed by atoms with Gasteiger partial charge in [-0.05, 0) is 35.4 Å². The van der Waals surface area contributed by atoms with Crippen molar-refractivity contribution in [2.24, 2.45) is 0 Å². The first-order chi connectivity index (χ1) is 11.9.